The third-order valence-electron chi connectivity index (χ3n) is 3.63. The summed E-state index contributed by atoms with van der Waals surface area (Å²) < 4.78 is 12.8. The van der Waals surface area contributed by atoms with Gasteiger partial charge in [-0.25, -0.2) is 4.39 Å². The smallest absolute Gasteiger partial charge is 0.225 e. The van der Waals surface area contributed by atoms with Crippen molar-refractivity contribution in [1.29, 1.82) is 0 Å². The van der Waals surface area contributed by atoms with E-state index in [1.165, 1.54) is 12.1 Å². The van der Waals surface area contributed by atoms with Crippen molar-refractivity contribution >= 4 is 5.91 Å². The van der Waals surface area contributed by atoms with Gasteiger partial charge in [0.25, 0.3) is 0 Å². The number of benzene rings is 1. The third kappa shape index (κ3) is 2.88. The van der Waals surface area contributed by atoms with E-state index in [2.05, 4.69) is 5.32 Å². The molecule has 3 atom stereocenters. The third-order valence-corrected chi connectivity index (χ3v) is 3.63. The van der Waals surface area contributed by atoms with Crippen LogP contribution in [-0.4, -0.2) is 11.9 Å². The topological polar surface area (TPSA) is 55.1 Å². The lowest BCUT2D eigenvalue weighted by atomic mass is 10.0. The second-order valence-corrected chi connectivity index (χ2v) is 4.98. The van der Waals surface area contributed by atoms with Gasteiger partial charge < -0.3 is 11.1 Å². The molecule has 1 saturated carbocycles. The molecule has 98 valence electrons. The molecule has 3 nitrogen and oxygen atoms in total. The van der Waals surface area contributed by atoms with E-state index in [0.29, 0.717) is 0 Å². The first-order valence-corrected chi connectivity index (χ1v) is 6.39. The van der Waals surface area contributed by atoms with Crippen LogP contribution in [0, 0.1) is 11.7 Å². The number of amides is 1. The lowest BCUT2D eigenvalue weighted by Gasteiger charge is -2.19. The van der Waals surface area contributed by atoms with Crippen molar-refractivity contribution in [3.63, 3.8) is 0 Å². The number of hydrogen-bond acceptors (Lipinski definition) is 2. The van der Waals surface area contributed by atoms with Gasteiger partial charge in [0.1, 0.15) is 5.82 Å². The zero-order valence-electron chi connectivity index (χ0n) is 10.5. The molecule has 18 heavy (non-hydrogen) atoms. The fourth-order valence-corrected chi connectivity index (χ4v) is 2.47. The molecule has 0 spiro atoms. The molecule has 1 aliphatic rings. The normalized spacial score (nSPS) is 24.8. The summed E-state index contributed by atoms with van der Waals surface area (Å²) in [5.74, 6) is -0.334. The highest BCUT2D eigenvalue weighted by Crippen LogP contribution is 2.25. The van der Waals surface area contributed by atoms with E-state index in [-0.39, 0.29) is 29.7 Å². The molecule has 0 saturated heterocycles. The highest BCUT2D eigenvalue weighted by atomic mass is 19.1. The average molecular weight is 250 g/mol. The molecule has 0 bridgehead atoms. The molecule has 0 radical (unpaired) electrons. The van der Waals surface area contributed by atoms with Gasteiger partial charge in [-0.1, -0.05) is 18.6 Å². The molecule has 0 aromatic heterocycles. The van der Waals surface area contributed by atoms with Crippen molar-refractivity contribution in [1.82, 2.24) is 5.32 Å². The average Bonchev–Trinajstić information content (AvgIpc) is 2.76. The van der Waals surface area contributed by atoms with E-state index in [0.717, 1.165) is 24.8 Å². The Hall–Kier alpha value is -1.42. The minimum atomic E-state index is -0.268. The van der Waals surface area contributed by atoms with E-state index in [1.807, 2.05) is 6.92 Å². The number of nitrogens with two attached hydrogens (primary N) is 1. The van der Waals surface area contributed by atoms with Crippen LogP contribution in [0.2, 0.25) is 0 Å². The summed E-state index contributed by atoms with van der Waals surface area (Å²) in [4.78, 5) is 12.0. The summed E-state index contributed by atoms with van der Waals surface area (Å²) in [6, 6.07) is 6.04. The maximum atomic E-state index is 12.8. The van der Waals surface area contributed by atoms with Crippen molar-refractivity contribution in [2.75, 3.05) is 0 Å². The number of rotatable bonds is 3. The van der Waals surface area contributed by atoms with Crippen LogP contribution in [0.15, 0.2) is 24.3 Å². The number of carbonyl (C=O) groups excluding carboxylic acids is 1. The summed E-state index contributed by atoms with van der Waals surface area (Å²) in [6.07, 6.45) is 2.80. The maximum Gasteiger partial charge on any atom is 0.225 e. The molecule has 0 heterocycles. The molecule has 3 N–H and O–H groups in total. The predicted octanol–water partition coefficient (Wildman–Crippen LogP) is 2.13. The Morgan fingerprint density at radius 2 is 2.06 bits per heavy atom. The molecule has 1 fully saturated rings. The lowest BCUT2D eigenvalue weighted by molar-refractivity contribution is -0.125. The maximum absolute atomic E-state index is 12.8. The quantitative estimate of drug-likeness (QED) is 0.863. The van der Waals surface area contributed by atoms with Crippen LogP contribution in [0.25, 0.3) is 0 Å². The zero-order valence-corrected chi connectivity index (χ0v) is 10.5. The van der Waals surface area contributed by atoms with Crippen LogP contribution in [0.4, 0.5) is 4.39 Å². The Kier molecular flexibility index (Phi) is 3.97. The number of halogens is 1. The van der Waals surface area contributed by atoms with Gasteiger partial charge in [-0.05, 0) is 37.5 Å². The second-order valence-electron chi connectivity index (χ2n) is 4.98. The standard InChI is InChI=1S/C14H19FN2O/c1-9(10-5-7-11(15)8-6-10)17-14(18)12-3-2-4-13(12)16/h5-9,12-13H,2-4,16H2,1H3,(H,17,18)/t9-,12?,13?/m0/s1. The van der Waals surface area contributed by atoms with Crippen LogP contribution in [0.1, 0.15) is 37.8 Å². The second kappa shape index (κ2) is 5.48. The SMILES string of the molecule is C[C@H](NC(=O)C1CCCC1N)c1ccc(F)cc1. The summed E-state index contributed by atoms with van der Waals surface area (Å²) in [7, 11) is 0. The van der Waals surface area contributed by atoms with Gasteiger partial charge in [0.2, 0.25) is 5.91 Å². The van der Waals surface area contributed by atoms with Gasteiger partial charge in [0.05, 0.1) is 12.0 Å². The van der Waals surface area contributed by atoms with Crippen LogP contribution >= 0.6 is 0 Å². The summed E-state index contributed by atoms with van der Waals surface area (Å²) >= 11 is 0. The number of carbonyl (C=O) groups is 1. The molecule has 1 aromatic carbocycles. The lowest BCUT2D eigenvalue weighted by Crippen LogP contribution is -2.39. The molecule has 1 amide bonds. The van der Waals surface area contributed by atoms with E-state index >= 15 is 0 Å². The van der Waals surface area contributed by atoms with Gasteiger partial charge in [-0.3, -0.25) is 4.79 Å². The highest BCUT2D eigenvalue weighted by molar-refractivity contribution is 5.80. The van der Waals surface area contributed by atoms with Gasteiger partial charge >= 0.3 is 0 Å². The largest absolute Gasteiger partial charge is 0.349 e. The predicted molar refractivity (Wildman–Crippen MR) is 68.3 cm³/mol. The summed E-state index contributed by atoms with van der Waals surface area (Å²) in [6.45, 7) is 1.89. The van der Waals surface area contributed by atoms with E-state index in [4.69, 9.17) is 5.73 Å². The minimum Gasteiger partial charge on any atom is -0.349 e. The molecule has 0 aliphatic heterocycles. The van der Waals surface area contributed by atoms with Crippen LogP contribution in [0.5, 0.6) is 0 Å². The van der Waals surface area contributed by atoms with Gasteiger partial charge in [0, 0.05) is 6.04 Å². The first kappa shape index (κ1) is 13.0. The number of hydrogen-bond donors (Lipinski definition) is 2. The molecule has 1 aromatic rings. The fraction of sp³-hybridized carbons (Fsp3) is 0.500. The van der Waals surface area contributed by atoms with Crippen LogP contribution in [0.3, 0.4) is 0 Å². The molecule has 1 aliphatic carbocycles. The van der Waals surface area contributed by atoms with E-state index < -0.39 is 0 Å². The summed E-state index contributed by atoms with van der Waals surface area (Å²) in [5, 5.41) is 2.95. The molecular weight excluding hydrogens is 231 g/mol. The van der Waals surface area contributed by atoms with Gasteiger partial charge in [-0.15, -0.1) is 0 Å². The molecular formula is C14H19FN2O. The van der Waals surface area contributed by atoms with E-state index in [9.17, 15) is 9.18 Å². The van der Waals surface area contributed by atoms with Crippen LogP contribution < -0.4 is 11.1 Å². The first-order valence-electron chi connectivity index (χ1n) is 6.39. The fourth-order valence-electron chi connectivity index (χ4n) is 2.47. The van der Waals surface area contributed by atoms with Crippen molar-refractivity contribution in [2.45, 2.75) is 38.3 Å². The molecule has 2 unspecified atom stereocenters. The first-order chi connectivity index (χ1) is 8.58. The Morgan fingerprint density at radius 1 is 1.39 bits per heavy atom. The van der Waals surface area contributed by atoms with Crippen molar-refractivity contribution < 1.29 is 9.18 Å². The monoisotopic (exact) mass is 250 g/mol. The highest BCUT2D eigenvalue weighted by Gasteiger charge is 2.30. The number of nitrogens with one attached hydrogen (secondary N) is 1. The molecule has 4 heteroatoms. The van der Waals surface area contributed by atoms with Gasteiger partial charge in [-0.2, -0.15) is 0 Å². The summed E-state index contributed by atoms with van der Waals surface area (Å²) in [5.41, 5.74) is 6.80. The van der Waals surface area contributed by atoms with Crippen molar-refractivity contribution in [3.05, 3.63) is 35.6 Å². The molecule has 2 rings (SSSR count). The van der Waals surface area contributed by atoms with E-state index in [1.54, 1.807) is 12.1 Å². The van der Waals surface area contributed by atoms with Crippen LogP contribution in [-0.2, 0) is 4.79 Å². The van der Waals surface area contributed by atoms with Crippen molar-refractivity contribution in [2.24, 2.45) is 11.7 Å². The minimum absolute atomic E-state index is 0.0109. The Labute approximate surface area is 107 Å². The van der Waals surface area contributed by atoms with Gasteiger partial charge in [0.15, 0.2) is 0 Å². The Balaban J connectivity index is 1.96. The Bertz CT molecular complexity index is 418. The Morgan fingerprint density at radius 3 is 2.61 bits per heavy atom. The zero-order chi connectivity index (χ0) is 13.1. The van der Waals surface area contributed by atoms with Crippen molar-refractivity contribution in [3.8, 4) is 0 Å².